The molecule has 0 amide bonds. The molecule has 5 nitrogen and oxygen atoms in total. The molecule has 0 aliphatic heterocycles. The number of alkyl halides is 1. The van der Waals surface area contributed by atoms with Crippen molar-refractivity contribution in [3.63, 3.8) is 0 Å². The van der Waals surface area contributed by atoms with E-state index in [2.05, 4.69) is 6.92 Å². The maximum atomic E-state index is 14.4. The molecule has 0 heterocycles. The zero-order valence-corrected chi connectivity index (χ0v) is 18.9. The van der Waals surface area contributed by atoms with Crippen LogP contribution in [0.4, 0.5) is 4.39 Å². The number of aliphatic carboxylic acids is 1. The van der Waals surface area contributed by atoms with E-state index in [1.54, 1.807) is 12.2 Å². The lowest BCUT2D eigenvalue weighted by molar-refractivity contribution is -0.137. The number of ether oxygens (including phenoxy) is 1. The summed E-state index contributed by atoms with van der Waals surface area (Å²) in [5, 5.41) is 29.4. The Balaban J connectivity index is 1.88. The zero-order valence-electron chi connectivity index (χ0n) is 18.9. The number of carbonyl (C=O) groups is 1. The second-order valence-electron chi connectivity index (χ2n) is 8.58. The van der Waals surface area contributed by atoms with Crippen LogP contribution in [0, 0.1) is 11.8 Å². The number of unbranched alkanes of at least 4 members (excludes halogenated alkanes) is 1. The summed E-state index contributed by atoms with van der Waals surface area (Å²) in [5.41, 5.74) is 2.06. The van der Waals surface area contributed by atoms with E-state index >= 15 is 0 Å². The van der Waals surface area contributed by atoms with Gasteiger partial charge in [0.1, 0.15) is 6.17 Å². The second kappa shape index (κ2) is 14.2. The number of hydrogen-bond donors (Lipinski definition) is 3. The fourth-order valence-electron chi connectivity index (χ4n) is 4.15. The molecule has 1 fully saturated rings. The van der Waals surface area contributed by atoms with Gasteiger partial charge in [-0.2, -0.15) is 0 Å². The molecule has 6 heteroatoms. The number of carboxylic acids is 1. The fraction of sp³-hybridized carbons (Fsp3) is 0.577. The minimum absolute atomic E-state index is 0.0996. The van der Waals surface area contributed by atoms with E-state index in [1.807, 2.05) is 36.4 Å². The molecule has 1 aliphatic carbocycles. The van der Waals surface area contributed by atoms with Crippen LogP contribution in [-0.2, 0) is 22.6 Å². The standard InChI is InChI=1S/C26H37FO5/c1-2-14-32-18-20-9-7-8-19(15-20)16-21(28)12-13-23-22(24(27)17-25(23)29)10-5-3-4-6-11-26(30)31/h3,5,7-9,12-13,15,21-25,28-29H,2,4,6,10-11,14,16-18H2,1H3,(H,30,31)/t21?,22-,23-,24-,25-/m1/s1. The fourth-order valence-corrected chi connectivity index (χ4v) is 4.15. The number of aliphatic hydroxyl groups is 2. The van der Waals surface area contributed by atoms with Crippen LogP contribution < -0.4 is 0 Å². The van der Waals surface area contributed by atoms with Crippen molar-refractivity contribution in [2.75, 3.05) is 6.61 Å². The van der Waals surface area contributed by atoms with Crippen LogP contribution >= 0.6 is 0 Å². The summed E-state index contributed by atoms with van der Waals surface area (Å²) in [6.45, 7) is 3.33. The van der Waals surface area contributed by atoms with E-state index in [0.717, 1.165) is 17.5 Å². The molecule has 1 unspecified atom stereocenters. The summed E-state index contributed by atoms with van der Waals surface area (Å²) in [5.74, 6) is -1.51. The molecule has 1 aromatic rings. The summed E-state index contributed by atoms with van der Waals surface area (Å²) in [7, 11) is 0. The summed E-state index contributed by atoms with van der Waals surface area (Å²) in [4.78, 5) is 10.5. The minimum atomic E-state index is -1.10. The average molecular weight is 449 g/mol. The predicted molar refractivity (Wildman–Crippen MR) is 123 cm³/mol. The van der Waals surface area contributed by atoms with Gasteiger partial charge in [-0.1, -0.05) is 55.5 Å². The molecule has 1 saturated carbocycles. The predicted octanol–water partition coefficient (Wildman–Crippen LogP) is 4.61. The molecule has 1 aromatic carbocycles. The third kappa shape index (κ3) is 9.23. The van der Waals surface area contributed by atoms with Gasteiger partial charge >= 0.3 is 5.97 Å². The highest BCUT2D eigenvalue weighted by molar-refractivity contribution is 5.66. The molecule has 0 radical (unpaired) electrons. The first-order valence-corrected chi connectivity index (χ1v) is 11.6. The number of benzene rings is 1. The highest BCUT2D eigenvalue weighted by atomic mass is 19.1. The van der Waals surface area contributed by atoms with Crippen molar-refractivity contribution in [1.29, 1.82) is 0 Å². The van der Waals surface area contributed by atoms with Gasteiger partial charge < -0.3 is 20.1 Å². The van der Waals surface area contributed by atoms with Crippen molar-refractivity contribution < 1.29 is 29.2 Å². The molecule has 0 aromatic heterocycles. The highest BCUT2D eigenvalue weighted by Gasteiger charge is 2.40. The molecule has 0 saturated heterocycles. The van der Waals surface area contributed by atoms with Crippen molar-refractivity contribution >= 4 is 5.97 Å². The number of carboxylic acid groups (broad SMARTS) is 1. The molecular weight excluding hydrogens is 411 g/mol. The van der Waals surface area contributed by atoms with E-state index in [0.29, 0.717) is 38.9 Å². The van der Waals surface area contributed by atoms with E-state index < -0.39 is 24.3 Å². The van der Waals surface area contributed by atoms with Crippen LogP contribution in [0.25, 0.3) is 0 Å². The van der Waals surface area contributed by atoms with Crippen LogP contribution in [0.2, 0.25) is 0 Å². The summed E-state index contributed by atoms with van der Waals surface area (Å²) in [6.07, 6.45) is 7.90. The first-order valence-electron chi connectivity index (χ1n) is 11.6. The number of allylic oxidation sites excluding steroid dienone is 2. The van der Waals surface area contributed by atoms with E-state index in [1.165, 1.54) is 0 Å². The Kier molecular flexibility index (Phi) is 11.6. The third-order valence-corrected chi connectivity index (χ3v) is 5.82. The van der Waals surface area contributed by atoms with Gasteiger partial charge in [0.05, 0.1) is 18.8 Å². The van der Waals surface area contributed by atoms with Gasteiger partial charge in [-0.25, -0.2) is 4.39 Å². The molecule has 32 heavy (non-hydrogen) atoms. The van der Waals surface area contributed by atoms with Gasteiger partial charge in [0.2, 0.25) is 0 Å². The van der Waals surface area contributed by atoms with Gasteiger partial charge in [-0.15, -0.1) is 0 Å². The maximum Gasteiger partial charge on any atom is 0.303 e. The van der Waals surface area contributed by atoms with Crippen LogP contribution in [-0.4, -0.2) is 46.3 Å². The van der Waals surface area contributed by atoms with Crippen molar-refractivity contribution in [2.45, 2.75) is 76.9 Å². The number of rotatable bonds is 14. The first-order chi connectivity index (χ1) is 15.4. The van der Waals surface area contributed by atoms with Crippen LogP contribution in [0.1, 0.15) is 56.6 Å². The van der Waals surface area contributed by atoms with Gasteiger partial charge in [0, 0.05) is 37.7 Å². The van der Waals surface area contributed by atoms with Gasteiger partial charge in [0.25, 0.3) is 0 Å². The van der Waals surface area contributed by atoms with Crippen molar-refractivity contribution in [3.05, 3.63) is 59.7 Å². The van der Waals surface area contributed by atoms with E-state index in [-0.39, 0.29) is 24.7 Å². The Morgan fingerprint density at radius 3 is 2.84 bits per heavy atom. The van der Waals surface area contributed by atoms with E-state index in [9.17, 15) is 19.4 Å². The van der Waals surface area contributed by atoms with Crippen molar-refractivity contribution in [3.8, 4) is 0 Å². The van der Waals surface area contributed by atoms with E-state index in [4.69, 9.17) is 9.84 Å². The molecule has 5 atom stereocenters. The molecule has 3 N–H and O–H groups in total. The summed E-state index contributed by atoms with van der Waals surface area (Å²) < 4.78 is 20.0. The Hall–Kier alpha value is -2.02. The lowest BCUT2D eigenvalue weighted by Gasteiger charge is -2.19. The second-order valence-corrected chi connectivity index (χ2v) is 8.58. The maximum absolute atomic E-state index is 14.4. The van der Waals surface area contributed by atoms with Crippen LogP contribution in [0.15, 0.2) is 48.6 Å². The first kappa shape index (κ1) is 26.2. The normalized spacial score (nSPS) is 24.5. The molecule has 178 valence electrons. The number of aliphatic hydroxyl groups excluding tert-OH is 2. The monoisotopic (exact) mass is 448 g/mol. The Morgan fingerprint density at radius 1 is 1.31 bits per heavy atom. The summed E-state index contributed by atoms with van der Waals surface area (Å²) in [6, 6.07) is 7.92. The van der Waals surface area contributed by atoms with Gasteiger partial charge in [0.15, 0.2) is 0 Å². The number of hydrogen-bond acceptors (Lipinski definition) is 4. The third-order valence-electron chi connectivity index (χ3n) is 5.82. The summed E-state index contributed by atoms with van der Waals surface area (Å²) >= 11 is 0. The van der Waals surface area contributed by atoms with Crippen molar-refractivity contribution in [1.82, 2.24) is 0 Å². The number of halogens is 1. The molecule has 1 aliphatic rings. The lowest BCUT2D eigenvalue weighted by Crippen LogP contribution is -2.19. The molecule has 2 rings (SSSR count). The topological polar surface area (TPSA) is 87.0 Å². The van der Waals surface area contributed by atoms with Crippen LogP contribution in [0.5, 0.6) is 0 Å². The SMILES string of the molecule is CCCOCc1cccc(CC(O)C=C[C@@H]2[C@@H](CC=CCCCC(=O)O)[C@H](F)C[C@H]2O)c1. The molecule has 0 spiro atoms. The Bertz CT molecular complexity index is 747. The minimum Gasteiger partial charge on any atom is -0.481 e. The molecular formula is C26H37FO5. The zero-order chi connectivity index (χ0) is 23.3. The highest BCUT2D eigenvalue weighted by Crippen LogP contribution is 2.38. The average Bonchev–Trinajstić information content (AvgIpc) is 3.01. The molecule has 0 bridgehead atoms. The van der Waals surface area contributed by atoms with Crippen molar-refractivity contribution in [2.24, 2.45) is 11.8 Å². The largest absolute Gasteiger partial charge is 0.481 e. The lowest BCUT2D eigenvalue weighted by atomic mass is 9.89. The van der Waals surface area contributed by atoms with Crippen LogP contribution in [0.3, 0.4) is 0 Å². The Morgan fingerprint density at radius 2 is 2.09 bits per heavy atom. The smallest absolute Gasteiger partial charge is 0.303 e. The van der Waals surface area contributed by atoms with Gasteiger partial charge in [-0.3, -0.25) is 4.79 Å². The van der Waals surface area contributed by atoms with Gasteiger partial charge in [-0.05, 0) is 36.8 Å². The quantitative estimate of drug-likeness (QED) is 0.286. The Labute approximate surface area is 190 Å².